The number of thiocarbonyl (C=S) groups is 1. The molecule has 3 heteroatoms. The molecule has 0 fully saturated rings. The van der Waals surface area contributed by atoms with E-state index in [0.29, 0.717) is 0 Å². The van der Waals surface area contributed by atoms with E-state index in [1.54, 1.807) is 0 Å². The summed E-state index contributed by atoms with van der Waals surface area (Å²) in [6.07, 6.45) is 0. The highest BCUT2D eigenvalue weighted by Gasteiger charge is 1.98. The molecule has 52 valence electrons. The van der Waals surface area contributed by atoms with Crippen LogP contribution in [-0.4, -0.2) is 5.37 Å². The molecule has 0 aliphatic rings. The minimum atomic E-state index is -0.616. The van der Waals surface area contributed by atoms with E-state index in [9.17, 15) is 8.78 Å². The number of benzene rings is 1. The molecule has 0 heterocycles. The molecule has 0 saturated heterocycles. The predicted molar refractivity (Wildman–Crippen MR) is 39.1 cm³/mol. The maximum absolute atomic E-state index is 12.5. The molecule has 0 N–H and O–H groups in total. The summed E-state index contributed by atoms with van der Waals surface area (Å²) < 4.78 is 24.7. The van der Waals surface area contributed by atoms with Gasteiger partial charge in [0.2, 0.25) is 0 Å². The Labute approximate surface area is 62.5 Å². The number of hydrogen-bond acceptors (Lipinski definition) is 1. The lowest BCUT2D eigenvalue weighted by atomic mass is 10.2. The van der Waals surface area contributed by atoms with E-state index in [1.807, 2.05) is 0 Å². The molecular formula is C7H4F2S. The van der Waals surface area contributed by atoms with Crippen molar-refractivity contribution in [3.63, 3.8) is 0 Å². The molecule has 0 aliphatic carbocycles. The van der Waals surface area contributed by atoms with Gasteiger partial charge in [-0.25, -0.2) is 8.78 Å². The van der Waals surface area contributed by atoms with Gasteiger partial charge in [0.25, 0.3) is 0 Å². The third-order valence-electron chi connectivity index (χ3n) is 1.09. The zero-order valence-corrected chi connectivity index (χ0v) is 5.79. The van der Waals surface area contributed by atoms with Gasteiger partial charge in [0.05, 0.1) is 0 Å². The highest BCUT2D eigenvalue weighted by molar-refractivity contribution is 7.79. The summed E-state index contributed by atoms with van der Waals surface area (Å²) in [5.41, 5.74) is 0.247. The molecule has 0 aromatic heterocycles. The van der Waals surface area contributed by atoms with Crippen molar-refractivity contribution in [1.29, 1.82) is 0 Å². The van der Waals surface area contributed by atoms with Crippen molar-refractivity contribution in [2.24, 2.45) is 0 Å². The van der Waals surface area contributed by atoms with Crippen LogP contribution >= 0.6 is 12.2 Å². The minimum absolute atomic E-state index is 0.247. The highest BCUT2D eigenvalue weighted by Crippen LogP contribution is 2.06. The van der Waals surface area contributed by atoms with Crippen molar-refractivity contribution in [2.75, 3.05) is 0 Å². The first-order valence-electron chi connectivity index (χ1n) is 2.64. The summed E-state index contributed by atoms with van der Waals surface area (Å²) in [4.78, 5) is 0. The van der Waals surface area contributed by atoms with Crippen molar-refractivity contribution in [3.8, 4) is 0 Å². The molecule has 10 heavy (non-hydrogen) atoms. The van der Waals surface area contributed by atoms with Crippen LogP contribution < -0.4 is 0 Å². The van der Waals surface area contributed by atoms with Crippen molar-refractivity contribution in [1.82, 2.24) is 0 Å². The molecule has 1 aromatic rings. The average Bonchev–Trinajstić information content (AvgIpc) is 1.88. The van der Waals surface area contributed by atoms with Crippen LogP contribution in [-0.2, 0) is 0 Å². The van der Waals surface area contributed by atoms with E-state index in [0.717, 1.165) is 6.07 Å². The van der Waals surface area contributed by atoms with Crippen molar-refractivity contribution >= 4 is 17.6 Å². The Morgan fingerprint density at radius 1 is 1.30 bits per heavy atom. The lowest BCUT2D eigenvalue weighted by Gasteiger charge is -1.92. The number of hydrogen-bond donors (Lipinski definition) is 0. The summed E-state index contributed by atoms with van der Waals surface area (Å²) in [5, 5.41) is 1.18. The molecule has 0 aliphatic heterocycles. The van der Waals surface area contributed by atoms with E-state index in [-0.39, 0.29) is 5.56 Å². The molecular weight excluding hydrogens is 154 g/mol. The first-order valence-corrected chi connectivity index (χ1v) is 3.11. The Bertz CT molecular complexity index is 258. The second-order valence-corrected chi connectivity index (χ2v) is 2.02. The summed E-state index contributed by atoms with van der Waals surface area (Å²) >= 11 is 4.46. The lowest BCUT2D eigenvalue weighted by molar-refractivity contribution is 0.582. The van der Waals surface area contributed by atoms with Gasteiger partial charge in [-0.3, -0.25) is 0 Å². The van der Waals surface area contributed by atoms with Crippen molar-refractivity contribution in [2.45, 2.75) is 0 Å². The molecule has 0 radical (unpaired) electrons. The van der Waals surface area contributed by atoms with Gasteiger partial charge in [-0.1, -0.05) is 12.2 Å². The summed E-state index contributed by atoms with van der Waals surface area (Å²) in [5.74, 6) is -1.20. The van der Waals surface area contributed by atoms with Crippen molar-refractivity contribution < 1.29 is 8.78 Å². The van der Waals surface area contributed by atoms with Crippen LogP contribution in [0.4, 0.5) is 8.78 Å². The largest absolute Gasteiger partial charge is 0.207 e. The van der Waals surface area contributed by atoms with E-state index >= 15 is 0 Å². The maximum Gasteiger partial charge on any atom is 0.134 e. The molecule has 0 amide bonds. The fraction of sp³-hybridized carbons (Fsp3) is 0. The van der Waals surface area contributed by atoms with E-state index in [2.05, 4.69) is 12.2 Å². The minimum Gasteiger partial charge on any atom is -0.207 e. The fourth-order valence-electron chi connectivity index (χ4n) is 0.597. The van der Waals surface area contributed by atoms with Gasteiger partial charge in [-0.15, -0.1) is 0 Å². The smallest absolute Gasteiger partial charge is 0.134 e. The molecule has 1 aromatic carbocycles. The van der Waals surface area contributed by atoms with Crippen molar-refractivity contribution in [3.05, 3.63) is 35.4 Å². The monoisotopic (exact) mass is 158 g/mol. The van der Waals surface area contributed by atoms with Crippen LogP contribution in [0.2, 0.25) is 0 Å². The van der Waals surface area contributed by atoms with Gasteiger partial charge in [-0.05, 0) is 12.1 Å². The zero-order chi connectivity index (χ0) is 7.56. The van der Waals surface area contributed by atoms with Crippen LogP contribution in [0.5, 0.6) is 0 Å². The van der Waals surface area contributed by atoms with Gasteiger partial charge < -0.3 is 0 Å². The van der Waals surface area contributed by atoms with Crippen LogP contribution in [0.1, 0.15) is 5.56 Å². The molecule has 0 bridgehead atoms. The van der Waals surface area contributed by atoms with E-state index < -0.39 is 11.6 Å². The highest BCUT2D eigenvalue weighted by atomic mass is 32.1. The van der Waals surface area contributed by atoms with Gasteiger partial charge in [-0.2, -0.15) is 0 Å². The average molecular weight is 158 g/mol. The van der Waals surface area contributed by atoms with E-state index in [1.165, 1.54) is 17.5 Å². The standard InChI is InChI=1S/C7H4F2S/c8-6-2-1-5(4-10)7(9)3-6/h1-4H. The van der Waals surface area contributed by atoms with Gasteiger partial charge in [0, 0.05) is 17.0 Å². The van der Waals surface area contributed by atoms with Gasteiger partial charge >= 0.3 is 0 Å². The topological polar surface area (TPSA) is 0 Å². The summed E-state index contributed by atoms with van der Waals surface area (Å²) in [6, 6.07) is 3.27. The Hall–Kier alpha value is -0.830. The van der Waals surface area contributed by atoms with Crippen LogP contribution in [0.3, 0.4) is 0 Å². The summed E-state index contributed by atoms with van der Waals surface area (Å²) in [7, 11) is 0. The molecule has 0 saturated carbocycles. The Kier molecular flexibility index (Phi) is 2.06. The first-order chi connectivity index (χ1) is 4.74. The second-order valence-electron chi connectivity index (χ2n) is 1.78. The summed E-state index contributed by atoms with van der Waals surface area (Å²) in [6.45, 7) is 0. The maximum atomic E-state index is 12.5. The van der Waals surface area contributed by atoms with Gasteiger partial charge in [0.1, 0.15) is 11.6 Å². The molecule has 1 rings (SSSR count). The number of halogens is 2. The van der Waals surface area contributed by atoms with Crippen LogP contribution in [0.25, 0.3) is 0 Å². The zero-order valence-electron chi connectivity index (χ0n) is 4.97. The molecule has 0 atom stereocenters. The fourth-order valence-corrected chi connectivity index (χ4v) is 0.788. The molecule has 0 unspecified atom stereocenters. The molecule has 0 spiro atoms. The van der Waals surface area contributed by atoms with Gasteiger partial charge in [0.15, 0.2) is 0 Å². The lowest BCUT2D eigenvalue weighted by Crippen LogP contribution is -1.86. The quantitative estimate of drug-likeness (QED) is 0.565. The Morgan fingerprint density at radius 2 is 2.00 bits per heavy atom. The number of rotatable bonds is 1. The first kappa shape index (κ1) is 7.28. The Balaban J connectivity index is 3.19. The van der Waals surface area contributed by atoms with E-state index in [4.69, 9.17) is 0 Å². The third kappa shape index (κ3) is 1.36. The predicted octanol–water partition coefficient (Wildman–Crippen LogP) is 2.31. The third-order valence-corrected chi connectivity index (χ3v) is 1.34. The normalized spacial score (nSPS) is 9.40. The SMILES string of the molecule is Fc1ccc(C=S)c(F)c1. The second kappa shape index (κ2) is 2.84. The van der Waals surface area contributed by atoms with Crippen LogP contribution in [0.15, 0.2) is 18.2 Å². The molecule has 0 nitrogen and oxygen atoms in total. The Morgan fingerprint density at radius 3 is 2.50 bits per heavy atom. The van der Waals surface area contributed by atoms with Crippen LogP contribution in [0, 0.1) is 11.6 Å².